The number of hydrazine groups is 1. The van der Waals surface area contributed by atoms with Gasteiger partial charge in [0.2, 0.25) is 24.1 Å². The number of hydrogen-bond acceptors (Lipinski definition) is 5. The summed E-state index contributed by atoms with van der Waals surface area (Å²) >= 11 is 3.94. The van der Waals surface area contributed by atoms with Crippen LogP contribution in [-0.2, 0) is 19.2 Å². The van der Waals surface area contributed by atoms with Crippen LogP contribution in [0.5, 0.6) is 0 Å². The molecule has 0 aromatic heterocycles. The maximum atomic E-state index is 11.4. The van der Waals surface area contributed by atoms with Crippen molar-refractivity contribution in [2.45, 2.75) is 18.1 Å². The fourth-order valence-corrected chi connectivity index (χ4v) is 1.58. The van der Waals surface area contributed by atoms with E-state index in [9.17, 15) is 19.2 Å². The van der Waals surface area contributed by atoms with Gasteiger partial charge in [-0.2, -0.15) is 12.6 Å². The Morgan fingerprint density at radius 2 is 2.25 bits per heavy atom. The zero-order valence-corrected chi connectivity index (χ0v) is 9.20. The van der Waals surface area contributed by atoms with Gasteiger partial charge in [-0.3, -0.25) is 34.9 Å². The van der Waals surface area contributed by atoms with Gasteiger partial charge in [-0.15, -0.1) is 0 Å². The maximum absolute atomic E-state index is 11.4. The fourth-order valence-electron chi connectivity index (χ4n) is 1.29. The predicted molar refractivity (Wildman–Crippen MR) is 56.1 cm³/mol. The summed E-state index contributed by atoms with van der Waals surface area (Å²) in [5, 5.41) is -0.608. The predicted octanol–water partition coefficient (Wildman–Crippen LogP) is -1.79. The minimum absolute atomic E-state index is 0.00109. The Hall–Kier alpha value is -1.57. The van der Waals surface area contributed by atoms with Crippen LogP contribution in [0.15, 0.2) is 0 Å². The normalized spacial score (nSPS) is 19.8. The van der Waals surface area contributed by atoms with Crippen LogP contribution in [0.25, 0.3) is 0 Å². The van der Waals surface area contributed by atoms with Crippen LogP contribution in [0.2, 0.25) is 0 Å². The summed E-state index contributed by atoms with van der Waals surface area (Å²) < 4.78 is 0. The number of likely N-dealkylation sites (tertiary alicyclic amines) is 1. The van der Waals surface area contributed by atoms with Gasteiger partial charge in [-0.05, 0) is 0 Å². The van der Waals surface area contributed by atoms with E-state index in [4.69, 9.17) is 0 Å². The average Bonchev–Trinajstić information content (AvgIpc) is 2.48. The lowest BCUT2D eigenvalue weighted by atomic mass is 10.4. The molecule has 1 aliphatic rings. The summed E-state index contributed by atoms with van der Waals surface area (Å²) in [4.78, 5) is 44.6. The van der Waals surface area contributed by atoms with Gasteiger partial charge in [-0.25, -0.2) is 0 Å². The molecule has 0 aliphatic carbocycles. The first kappa shape index (κ1) is 12.5. The zero-order valence-electron chi connectivity index (χ0n) is 8.30. The van der Waals surface area contributed by atoms with E-state index >= 15 is 0 Å². The molecule has 1 atom stereocenters. The van der Waals surface area contributed by atoms with Crippen molar-refractivity contribution < 1.29 is 19.2 Å². The summed E-state index contributed by atoms with van der Waals surface area (Å²) in [6.07, 6.45) is 0.322. The third-order valence-corrected chi connectivity index (χ3v) is 2.46. The standard InChI is InChI=1S/C8H11N3O4S/c12-4-9-10-6(13)1-2-11-7(14)3-5(16)8(11)15/h4-5,16H,1-3H2,(H,9,12)(H,10,13). The Labute approximate surface area is 96.9 Å². The first-order valence-corrected chi connectivity index (χ1v) is 5.08. The van der Waals surface area contributed by atoms with Crippen LogP contribution in [0.3, 0.4) is 0 Å². The van der Waals surface area contributed by atoms with Crippen LogP contribution in [0.1, 0.15) is 12.8 Å². The van der Waals surface area contributed by atoms with E-state index in [1.165, 1.54) is 0 Å². The number of nitrogens with one attached hydrogen (secondary N) is 2. The van der Waals surface area contributed by atoms with E-state index < -0.39 is 11.2 Å². The smallest absolute Gasteiger partial charge is 0.242 e. The van der Waals surface area contributed by atoms with E-state index in [0.29, 0.717) is 6.41 Å². The first-order chi connectivity index (χ1) is 7.56. The molecule has 1 saturated heterocycles. The molecule has 4 amide bonds. The number of nitrogens with zero attached hydrogens (tertiary/aromatic N) is 1. The highest BCUT2D eigenvalue weighted by Gasteiger charge is 2.36. The molecule has 0 spiro atoms. The van der Waals surface area contributed by atoms with Crippen molar-refractivity contribution >= 4 is 36.8 Å². The molecule has 0 aromatic rings. The van der Waals surface area contributed by atoms with Gasteiger partial charge in [0.15, 0.2) is 0 Å². The summed E-state index contributed by atoms with van der Waals surface area (Å²) in [6, 6.07) is 0. The van der Waals surface area contributed by atoms with Crippen LogP contribution in [0, 0.1) is 0 Å². The lowest BCUT2D eigenvalue weighted by Gasteiger charge is -2.13. The quantitative estimate of drug-likeness (QED) is 0.231. The van der Waals surface area contributed by atoms with Gasteiger partial charge in [0, 0.05) is 19.4 Å². The Kier molecular flexibility index (Phi) is 4.29. The van der Waals surface area contributed by atoms with Crippen molar-refractivity contribution in [3.05, 3.63) is 0 Å². The molecule has 2 N–H and O–H groups in total. The lowest BCUT2D eigenvalue weighted by molar-refractivity contribution is -0.138. The van der Waals surface area contributed by atoms with Crippen LogP contribution >= 0.6 is 12.6 Å². The zero-order chi connectivity index (χ0) is 12.1. The molecule has 0 radical (unpaired) electrons. The molecule has 1 aliphatic heterocycles. The van der Waals surface area contributed by atoms with Crippen molar-refractivity contribution in [1.82, 2.24) is 15.8 Å². The molecule has 8 heteroatoms. The third-order valence-electron chi connectivity index (χ3n) is 2.05. The second-order valence-corrected chi connectivity index (χ2v) is 3.79. The minimum atomic E-state index is -0.608. The lowest BCUT2D eigenvalue weighted by Crippen LogP contribution is -2.39. The minimum Gasteiger partial charge on any atom is -0.281 e. The summed E-state index contributed by atoms with van der Waals surface area (Å²) in [7, 11) is 0. The van der Waals surface area contributed by atoms with E-state index in [0.717, 1.165) is 4.90 Å². The number of thiol groups is 1. The Bertz CT molecular complexity index is 333. The number of hydrogen-bond donors (Lipinski definition) is 3. The van der Waals surface area contributed by atoms with Gasteiger partial charge in [0.25, 0.3) is 0 Å². The summed E-state index contributed by atoms with van der Waals surface area (Å²) in [5.41, 5.74) is 4.04. The molecule has 0 saturated carbocycles. The SMILES string of the molecule is O=CNNC(=O)CCN1C(=O)CC(S)C1=O. The van der Waals surface area contributed by atoms with Crippen LogP contribution in [0.4, 0.5) is 0 Å². The number of imide groups is 1. The highest BCUT2D eigenvalue weighted by Crippen LogP contribution is 2.17. The highest BCUT2D eigenvalue weighted by atomic mass is 32.1. The Morgan fingerprint density at radius 1 is 1.56 bits per heavy atom. The van der Waals surface area contributed by atoms with Crippen molar-refractivity contribution in [1.29, 1.82) is 0 Å². The summed E-state index contributed by atoms with van der Waals surface area (Å²) in [6.45, 7) is 0.00109. The van der Waals surface area contributed by atoms with Gasteiger partial charge < -0.3 is 0 Å². The van der Waals surface area contributed by atoms with Crippen molar-refractivity contribution in [3.8, 4) is 0 Å². The van der Waals surface area contributed by atoms with E-state index in [-0.39, 0.29) is 31.2 Å². The average molecular weight is 245 g/mol. The molecular weight excluding hydrogens is 234 g/mol. The monoisotopic (exact) mass is 245 g/mol. The van der Waals surface area contributed by atoms with E-state index in [1.807, 2.05) is 5.43 Å². The second kappa shape index (κ2) is 5.50. The maximum Gasteiger partial charge on any atom is 0.242 e. The van der Waals surface area contributed by atoms with Gasteiger partial charge in [0.1, 0.15) is 0 Å². The van der Waals surface area contributed by atoms with Crippen molar-refractivity contribution in [2.24, 2.45) is 0 Å². The molecule has 1 unspecified atom stereocenters. The summed E-state index contributed by atoms with van der Waals surface area (Å²) in [5.74, 6) is -1.19. The highest BCUT2D eigenvalue weighted by molar-refractivity contribution is 7.81. The second-order valence-electron chi connectivity index (χ2n) is 3.16. The first-order valence-electron chi connectivity index (χ1n) is 4.56. The van der Waals surface area contributed by atoms with E-state index in [2.05, 4.69) is 18.1 Å². The van der Waals surface area contributed by atoms with Crippen molar-refractivity contribution in [2.75, 3.05) is 6.54 Å². The molecule has 88 valence electrons. The van der Waals surface area contributed by atoms with Crippen molar-refractivity contribution in [3.63, 3.8) is 0 Å². The molecule has 1 fully saturated rings. The molecule has 0 aromatic carbocycles. The fraction of sp³-hybridized carbons (Fsp3) is 0.500. The molecule has 0 bridgehead atoms. The molecule has 16 heavy (non-hydrogen) atoms. The van der Waals surface area contributed by atoms with Crippen LogP contribution in [-0.4, -0.2) is 40.8 Å². The topological polar surface area (TPSA) is 95.6 Å². The van der Waals surface area contributed by atoms with Crippen LogP contribution < -0.4 is 10.9 Å². The van der Waals surface area contributed by atoms with Gasteiger partial charge in [0.05, 0.1) is 5.25 Å². The van der Waals surface area contributed by atoms with E-state index in [1.54, 1.807) is 0 Å². The molecular formula is C8H11N3O4S. The number of carbonyl (C=O) groups excluding carboxylic acids is 4. The Balaban J connectivity index is 2.37. The Morgan fingerprint density at radius 3 is 2.75 bits per heavy atom. The number of amides is 4. The molecule has 7 nitrogen and oxygen atoms in total. The molecule has 1 heterocycles. The number of rotatable bonds is 5. The van der Waals surface area contributed by atoms with Gasteiger partial charge in [-0.1, -0.05) is 0 Å². The third kappa shape index (κ3) is 2.96. The largest absolute Gasteiger partial charge is 0.281 e. The number of carbonyl (C=O) groups is 4. The van der Waals surface area contributed by atoms with Gasteiger partial charge >= 0.3 is 0 Å². The molecule has 1 rings (SSSR count).